The van der Waals surface area contributed by atoms with Crippen molar-refractivity contribution in [3.05, 3.63) is 34.0 Å². The summed E-state index contributed by atoms with van der Waals surface area (Å²) in [5, 5.41) is 0. The van der Waals surface area contributed by atoms with Gasteiger partial charge in [-0.15, -0.1) is 0 Å². The molecule has 0 spiro atoms. The molecule has 0 saturated heterocycles. The van der Waals surface area contributed by atoms with Crippen LogP contribution in [0, 0.1) is 0 Å². The van der Waals surface area contributed by atoms with Gasteiger partial charge in [0.2, 0.25) is 0 Å². The Balaban J connectivity index is 2.14. The van der Waals surface area contributed by atoms with Crippen LogP contribution in [0.3, 0.4) is 0 Å². The van der Waals surface area contributed by atoms with Gasteiger partial charge in [-0.2, -0.15) is 0 Å². The van der Waals surface area contributed by atoms with Crippen molar-refractivity contribution in [1.29, 1.82) is 0 Å². The van der Waals surface area contributed by atoms with Crippen molar-refractivity contribution < 1.29 is 0 Å². The van der Waals surface area contributed by atoms with E-state index in [1.54, 1.807) is 5.79 Å². The van der Waals surface area contributed by atoms with Gasteiger partial charge in [0.05, 0.1) is 0 Å². The van der Waals surface area contributed by atoms with Gasteiger partial charge < -0.3 is 0 Å². The van der Waals surface area contributed by atoms with Gasteiger partial charge in [0.15, 0.2) is 0 Å². The Kier molecular flexibility index (Phi) is 5.53. The molecule has 2 aromatic rings. The van der Waals surface area contributed by atoms with Crippen LogP contribution in [0.25, 0.3) is 12.2 Å². The number of rotatable bonds is 4. The van der Waals surface area contributed by atoms with E-state index in [1.807, 2.05) is 22.7 Å². The molecule has 2 heterocycles. The molecule has 0 atom stereocenters. The molecule has 0 aliphatic carbocycles. The van der Waals surface area contributed by atoms with E-state index in [4.69, 9.17) is 0 Å². The first kappa shape index (κ1) is 17.1. The molecule has 0 nitrogen and oxygen atoms in total. The fraction of sp³-hybridized carbons (Fsp3) is 0.375. The summed E-state index contributed by atoms with van der Waals surface area (Å²) >= 11 is 0.262. The molecule has 0 saturated carbocycles. The molecule has 20 heavy (non-hydrogen) atoms. The molecule has 0 amide bonds. The second kappa shape index (κ2) is 6.47. The molecule has 0 aromatic carbocycles. The van der Waals surface area contributed by atoms with Crippen LogP contribution in [-0.4, -0.2) is 36.8 Å². The quantitative estimate of drug-likeness (QED) is 0.497. The van der Waals surface area contributed by atoms with Gasteiger partial charge in [-0.3, -0.25) is 0 Å². The predicted octanol–water partition coefficient (Wildman–Crippen LogP) is 5.07. The van der Waals surface area contributed by atoms with Crippen molar-refractivity contribution in [2.75, 3.05) is 0 Å². The van der Waals surface area contributed by atoms with Crippen LogP contribution in [0.4, 0.5) is 0 Å². The maximum atomic E-state index is 2.48. The summed E-state index contributed by atoms with van der Waals surface area (Å²) in [6.07, 6.45) is 4.58. The average Bonchev–Trinajstić information content (AvgIpc) is 2.94. The normalized spacial score (nSPS) is 13.3. The second-order valence-corrected chi connectivity index (χ2v) is 40.3. The van der Waals surface area contributed by atoms with Gasteiger partial charge in [0, 0.05) is 0 Å². The summed E-state index contributed by atoms with van der Waals surface area (Å²) in [5.74, 6) is 0. The third-order valence-corrected chi connectivity index (χ3v) is 24.2. The molecule has 0 fully saturated rings. The van der Waals surface area contributed by atoms with Crippen molar-refractivity contribution in [1.82, 2.24) is 0 Å². The Hall–Kier alpha value is 0.737. The van der Waals surface area contributed by atoms with E-state index in [9.17, 15) is 0 Å². The third kappa shape index (κ3) is 4.62. The maximum absolute atomic E-state index is 2.48. The Bertz CT molecular complexity index is 553. The van der Waals surface area contributed by atoms with Crippen LogP contribution in [0.1, 0.15) is 9.75 Å². The van der Waals surface area contributed by atoms with E-state index >= 15 is 0 Å². The van der Waals surface area contributed by atoms with Crippen molar-refractivity contribution in [2.24, 2.45) is 0 Å². The number of hydrogen-bond donors (Lipinski definition) is 0. The molecule has 2 aromatic heterocycles. The average molecular weight is 518 g/mol. The van der Waals surface area contributed by atoms with Crippen molar-refractivity contribution in [2.45, 2.75) is 29.6 Å². The van der Waals surface area contributed by atoms with Crippen LogP contribution >= 0.6 is 22.7 Å². The molecule has 4 heteroatoms. The van der Waals surface area contributed by atoms with Crippen LogP contribution in [0.5, 0.6) is 0 Å². The molecule has 0 aliphatic heterocycles. The monoisotopic (exact) mass is 520 g/mol. The first-order chi connectivity index (χ1) is 9.16. The molecule has 0 radical (unpaired) electrons. The summed E-state index contributed by atoms with van der Waals surface area (Å²) < 4.78 is 3.33. The second-order valence-electron chi connectivity index (χ2n) is 7.24. The van der Waals surface area contributed by atoms with Crippen LogP contribution in [-0.2, 0) is 0 Å². The summed E-state index contributed by atoms with van der Waals surface area (Å²) in [7, 11) is 0. The summed E-state index contributed by atoms with van der Waals surface area (Å²) in [5.41, 5.74) is 0. The van der Waals surface area contributed by atoms with Crippen molar-refractivity contribution in [3.8, 4) is 0 Å². The van der Waals surface area contributed by atoms with Gasteiger partial charge in [0.25, 0.3) is 0 Å². The zero-order chi connectivity index (χ0) is 15.0. The van der Waals surface area contributed by atoms with Crippen molar-refractivity contribution in [3.63, 3.8) is 0 Å². The van der Waals surface area contributed by atoms with Crippen LogP contribution in [0.15, 0.2) is 24.3 Å². The molecule has 108 valence electrons. The van der Waals surface area contributed by atoms with Gasteiger partial charge in [-0.1, -0.05) is 0 Å². The molecular formula is C16H24S2Sn2. The minimum atomic E-state index is -1.86. The first-order valence-electron chi connectivity index (χ1n) is 7.05. The molecular weight excluding hydrogens is 494 g/mol. The molecule has 0 bridgehead atoms. The minimum absolute atomic E-state index is 1.40. The summed E-state index contributed by atoms with van der Waals surface area (Å²) in [6, 6.07) is 9.28. The van der Waals surface area contributed by atoms with Gasteiger partial charge in [-0.05, 0) is 0 Å². The van der Waals surface area contributed by atoms with E-state index in [2.05, 4.69) is 66.1 Å². The summed E-state index contributed by atoms with van der Waals surface area (Å²) in [6.45, 7) is 0. The SMILES string of the molecule is [CH3][Sn]([CH3])([CH3])[c]1ccc(/C=C\c2cc[c]([Sn]([CH3])([CH3])[CH3])s2)s1. The Labute approximate surface area is 139 Å². The first-order valence-corrected chi connectivity index (χ1v) is 28.7. The zero-order valence-electron chi connectivity index (χ0n) is 13.3. The Morgan fingerprint density at radius 1 is 0.650 bits per heavy atom. The van der Waals surface area contributed by atoms with Gasteiger partial charge in [-0.25, -0.2) is 0 Å². The van der Waals surface area contributed by atoms with E-state index in [0.717, 1.165) is 0 Å². The molecule has 0 unspecified atom stereocenters. The summed E-state index contributed by atoms with van der Waals surface area (Å²) in [4.78, 5) is 17.7. The van der Waals surface area contributed by atoms with Crippen molar-refractivity contribution >= 4 is 77.4 Å². The third-order valence-electron chi connectivity index (χ3n) is 3.14. The standard InChI is InChI=1S/C10H6S2.6CH3.2Sn/c1-3-9(11-7-1)5-6-10-4-2-8-12-10;;;;;;;;/h1-6H;6*1H3;;/b6-5-;;;;;;;;. The number of thiophene rings is 2. The number of hydrogen-bond acceptors (Lipinski definition) is 2. The van der Waals surface area contributed by atoms with E-state index < -0.39 is 36.8 Å². The Morgan fingerprint density at radius 2 is 1.00 bits per heavy atom. The van der Waals surface area contributed by atoms with Crippen LogP contribution < -0.4 is 5.79 Å². The van der Waals surface area contributed by atoms with Gasteiger partial charge in [0.1, 0.15) is 0 Å². The van der Waals surface area contributed by atoms with Crippen LogP contribution in [0.2, 0.25) is 29.6 Å². The fourth-order valence-corrected chi connectivity index (χ4v) is 14.4. The fourth-order valence-electron chi connectivity index (χ4n) is 1.86. The molecule has 0 aliphatic rings. The molecule has 2 rings (SSSR count). The van der Waals surface area contributed by atoms with E-state index in [1.165, 1.54) is 9.75 Å². The predicted molar refractivity (Wildman–Crippen MR) is 104 cm³/mol. The zero-order valence-corrected chi connectivity index (χ0v) is 20.6. The van der Waals surface area contributed by atoms with E-state index in [-0.39, 0.29) is 0 Å². The molecule has 0 N–H and O–H groups in total. The Morgan fingerprint density at radius 3 is 1.25 bits per heavy atom. The van der Waals surface area contributed by atoms with Gasteiger partial charge >= 0.3 is 141 Å². The topological polar surface area (TPSA) is 0 Å². The van der Waals surface area contributed by atoms with E-state index in [0.29, 0.717) is 0 Å².